The maximum Gasteiger partial charge on any atom is 0.232 e. The van der Waals surface area contributed by atoms with Crippen LogP contribution in [0.1, 0.15) is 55.8 Å². The molecule has 1 aliphatic rings. The van der Waals surface area contributed by atoms with Gasteiger partial charge in [-0.3, -0.25) is 9.10 Å². The Kier molecular flexibility index (Phi) is 7.59. The molecule has 0 bridgehead atoms. The lowest BCUT2D eigenvalue weighted by Crippen LogP contribution is -2.32. The molecule has 1 amide bonds. The Morgan fingerprint density at radius 3 is 2.52 bits per heavy atom. The van der Waals surface area contributed by atoms with Gasteiger partial charge in [0.25, 0.3) is 0 Å². The van der Waals surface area contributed by atoms with Gasteiger partial charge in [0, 0.05) is 13.0 Å². The van der Waals surface area contributed by atoms with Crippen LogP contribution in [0.5, 0.6) is 5.75 Å². The third-order valence-electron chi connectivity index (χ3n) is 5.60. The number of benzene rings is 2. The molecule has 1 atom stereocenters. The number of aryl methyl sites for hydroxylation is 2. The first-order valence-electron chi connectivity index (χ1n) is 10.9. The number of anilines is 1. The highest BCUT2D eigenvalue weighted by molar-refractivity contribution is 7.92. The fourth-order valence-electron chi connectivity index (χ4n) is 4.00. The Bertz CT molecular complexity index is 1000. The lowest BCUT2D eigenvalue weighted by molar-refractivity contribution is -0.121. The van der Waals surface area contributed by atoms with Crippen LogP contribution in [0.2, 0.25) is 0 Å². The Morgan fingerprint density at radius 1 is 1.13 bits per heavy atom. The molecular weight excluding hydrogens is 412 g/mol. The maximum atomic E-state index is 12.4. The number of carbonyl (C=O) groups excluding carboxylic acids is 1. The zero-order valence-electron chi connectivity index (χ0n) is 18.6. The van der Waals surface area contributed by atoms with E-state index >= 15 is 0 Å². The zero-order chi connectivity index (χ0) is 22.4. The van der Waals surface area contributed by atoms with E-state index in [4.69, 9.17) is 4.74 Å². The lowest BCUT2D eigenvalue weighted by Gasteiger charge is -2.23. The van der Waals surface area contributed by atoms with Gasteiger partial charge in [-0.15, -0.1) is 0 Å². The number of rotatable bonds is 10. The number of ether oxygens (including phenoxy) is 1. The average Bonchev–Trinajstić information content (AvgIpc) is 3.19. The molecule has 0 fully saturated rings. The summed E-state index contributed by atoms with van der Waals surface area (Å²) in [5.74, 6) is 0.618. The van der Waals surface area contributed by atoms with Crippen molar-refractivity contribution in [2.75, 3.05) is 23.7 Å². The van der Waals surface area contributed by atoms with Gasteiger partial charge >= 0.3 is 0 Å². The highest BCUT2D eigenvalue weighted by atomic mass is 32.2. The van der Waals surface area contributed by atoms with Crippen LogP contribution in [0.15, 0.2) is 42.5 Å². The van der Waals surface area contributed by atoms with Crippen molar-refractivity contribution in [1.82, 2.24) is 5.32 Å². The van der Waals surface area contributed by atoms with E-state index in [0.29, 0.717) is 24.5 Å². The first-order chi connectivity index (χ1) is 14.8. The van der Waals surface area contributed by atoms with Crippen LogP contribution in [0.3, 0.4) is 0 Å². The highest BCUT2D eigenvalue weighted by Crippen LogP contribution is 2.26. The number of fused-ring (bicyclic) bond motifs is 1. The minimum absolute atomic E-state index is 0.0736. The van der Waals surface area contributed by atoms with Crippen LogP contribution in [-0.2, 0) is 27.7 Å². The largest absolute Gasteiger partial charge is 0.494 e. The molecule has 0 radical (unpaired) electrons. The standard InChI is InChI=1S/C24H32N2O4S/c1-4-30-23-14-12-22(13-15-23)26(31(3,28)29)16-6-9-24(27)25-18(2)20-11-10-19-7-5-8-21(19)17-20/h10-15,17-18H,4-9,16H2,1-3H3,(H,25,27)/t18-/m0/s1. The smallest absolute Gasteiger partial charge is 0.232 e. The predicted molar refractivity (Wildman–Crippen MR) is 124 cm³/mol. The second-order valence-corrected chi connectivity index (χ2v) is 9.94. The predicted octanol–water partition coefficient (Wildman–Crippen LogP) is 4.00. The van der Waals surface area contributed by atoms with Gasteiger partial charge < -0.3 is 10.1 Å². The molecule has 0 aromatic heterocycles. The number of sulfonamides is 1. The molecule has 31 heavy (non-hydrogen) atoms. The zero-order valence-corrected chi connectivity index (χ0v) is 19.4. The van der Waals surface area contributed by atoms with E-state index < -0.39 is 10.0 Å². The van der Waals surface area contributed by atoms with Crippen molar-refractivity contribution < 1.29 is 17.9 Å². The van der Waals surface area contributed by atoms with E-state index in [-0.39, 0.29) is 24.9 Å². The van der Waals surface area contributed by atoms with Gasteiger partial charge in [-0.25, -0.2) is 8.42 Å². The molecule has 0 aliphatic heterocycles. The number of nitrogens with zero attached hydrogens (tertiary/aromatic N) is 1. The molecule has 0 spiro atoms. The fraction of sp³-hybridized carbons (Fsp3) is 0.458. The van der Waals surface area contributed by atoms with Crippen molar-refractivity contribution in [3.63, 3.8) is 0 Å². The number of amides is 1. The van der Waals surface area contributed by atoms with Crippen LogP contribution in [-0.4, -0.2) is 33.7 Å². The third-order valence-corrected chi connectivity index (χ3v) is 6.80. The Hall–Kier alpha value is -2.54. The van der Waals surface area contributed by atoms with Gasteiger partial charge in [0.05, 0.1) is 24.6 Å². The maximum absolute atomic E-state index is 12.4. The molecule has 0 saturated heterocycles. The third kappa shape index (κ3) is 6.23. The van der Waals surface area contributed by atoms with E-state index in [1.165, 1.54) is 28.1 Å². The van der Waals surface area contributed by atoms with Crippen LogP contribution in [0.25, 0.3) is 0 Å². The summed E-state index contributed by atoms with van der Waals surface area (Å²) in [5.41, 5.74) is 4.48. The number of hydrogen-bond donors (Lipinski definition) is 1. The summed E-state index contributed by atoms with van der Waals surface area (Å²) in [5, 5.41) is 3.04. The number of nitrogens with one attached hydrogen (secondary N) is 1. The van der Waals surface area contributed by atoms with Gasteiger partial charge in [-0.1, -0.05) is 18.2 Å². The Labute approximate surface area is 185 Å². The second kappa shape index (κ2) is 10.2. The van der Waals surface area contributed by atoms with Crippen LogP contribution >= 0.6 is 0 Å². The molecule has 2 aromatic rings. The number of carbonyl (C=O) groups is 1. The summed E-state index contributed by atoms with van der Waals surface area (Å²) in [4.78, 5) is 12.4. The first kappa shape index (κ1) is 23.1. The molecule has 0 saturated carbocycles. The van der Waals surface area contributed by atoms with E-state index in [1.807, 2.05) is 13.8 Å². The minimum Gasteiger partial charge on any atom is -0.494 e. The summed E-state index contributed by atoms with van der Waals surface area (Å²) >= 11 is 0. The Balaban J connectivity index is 1.54. The minimum atomic E-state index is -3.45. The molecule has 3 rings (SSSR count). The quantitative estimate of drug-likeness (QED) is 0.601. The van der Waals surface area contributed by atoms with E-state index in [1.54, 1.807) is 24.3 Å². The van der Waals surface area contributed by atoms with Gasteiger partial charge in [-0.05, 0) is 80.5 Å². The average molecular weight is 445 g/mol. The Morgan fingerprint density at radius 2 is 1.84 bits per heavy atom. The van der Waals surface area contributed by atoms with Gasteiger partial charge in [0.15, 0.2) is 0 Å². The topological polar surface area (TPSA) is 75.7 Å². The highest BCUT2D eigenvalue weighted by Gasteiger charge is 2.19. The summed E-state index contributed by atoms with van der Waals surface area (Å²) in [7, 11) is -3.45. The summed E-state index contributed by atoms with van der Waals surface area (Å²) < 4.78 is 31.3. The van der Waals surface area contributed by atoms with Gasteiger partial charge in [-0.2, -0.15) is 0 Å². The van der Waals surface area contributed by atoms with Crippen molar-refractivity contribution >= 4 is 21.6 Å². The van der Waals surface area contributed by atoms with E-state index in [9.17, 15) is 13.2 Å². The monoisotopic (exact) mass is 444 g/mol. The first-order valence-corrected chi connectivity index (χ1v) is 12.7. The molecule has 1 aliphatic carbocycles. The summed E-state index contributed by atoms with van der Waals surface area (Å²) in [6.45, 7) is 4.67. The fourth-order valence-corrected chi connectivity index (χ4v) is 4.97. The SMILES string of the molecule is CCOc1ccc(N(CCCC(=O)N[C@@H](C)c2ccc3c(c2)CCC3)S(C)(=O)=O)cc1. The van der Waals surface area contributed by atoms with Gasteiger partial charge in [0.2, 0.25) is 15.9 Å². The molecule has 168 valence electrons. The molecule has 1 N–H and O–H groups in total. The van der Waals surface area contributed by atoms with Crippen LogP contribution < -0.4 is 14.4 Å². The lowest BCUT2D eigenvalue weighted by atomic mass is 10.0. The van der Waals surface area contributed by atoms with Crippen LogP contribution in [0.4, 0.5) is 5.69 Å². The molecule has 6 nitrogen and oxygen atoms in total. The van der Waals surface area contributed by atoms with Crippen molar-refractivity contribution in [3.05, 3.63) is 59.2 Å². The van der Waals surface area contributed by atoms with Crippen molar-refractivity contribution in [1.29, 1.82) is 0 Å². The van der Waals surface area contributed by atoms with Gasteiger partial charge in [0.1, 0.15) is 5.75 Å². The van der Waals surface area contributed by atoms with Crippen molar-refractivity contribution in [2.24, 2.45) is 0 Å². The molecule has 7 heteroatoms. The molecular formula is C24H32N2O4S. The summed E-state index contributed by atoms with van der Waals surface area (Å²) in [6.07, 6.45) is 5.32. The molecule has 2 aromatic carbocycles. The number of hydrogen-bond acceptors (Lipinski definition) is 4. The van der Waals surface area contributed by atoms with Crippen molar-refractivity contribution in [3.8, 4) is 5.75 Å². The van der Waals surface area contributed by atoms with Crippen molar-refractivity contribution in [2.45, 2.75) is 52.0 Å². The summed E-state index contributed by atoms with van der Waals surface area (Å²) in [6, 6.07) is 13.3. The normalized spacial score (nSPS) is 14.0. The molecule has 0 unspecified atom stereocenters. The van der Waals surface area contributed by atoms with Crippen LogP contribution in [0, 0.1) is 0 Å². The van der Waals surface area contributed by atoms with E-state index in [0.717, 1.165) is 18.4 Å². The van der Waals surface area contributed by atoms with E-state index in [2.05, 4.69) is 23.5 Å². The molecule has 0 heterocycles. The second-order valence-electron chi connectivity index (χ2n) is 8.04.